The van der Waals surface area contributed by atoms with E-state index in [0.29, 0.717) is 0 Å². The highest BCUT2D eigenvalue weighted by molar-refractivity contribution is 5.93. The maximum absolute atomic E-state index is 4.63. The summed E-state index contributed by atoms with van der Waals surface area (Å²) in [5, 5.41) is 4.33. The fraction of sp³-hybridized carbons (Fsp3) is 0.235. The predicted octanol–water partition coefficient (Wildman–Crippen LogP) is 3.74. The Morgan fingerprint density at radius 3 is 2.52 bits per heavy atom. The Bertz CT molecular complexity index is 796. The minimum absolute atomic E-state index is 0.743. The van der Waals surface area contributed by atoms with Gasteiger partial charge in [-0.05, 0) is 32.9 Å². The molecule has 0 fully saturated rings. The molecule has 0 saturated heterocycles. The molecule has 3 aromatic rings. The topological polar surface area (TPSA) is 50.7 Å². The number of aryl methyl sites for hydroxylation is 2. The third-order valence-electron chi connectivity index (χ3n) is 3.30. The van der Waals surface area contributed by atoms with Gasteiger partial charge in [0.25, 0.3) is 0 Å². The Hall–Kier alpha value is -2.49. The first kappa shape index (κ1) is 13.5. The van der Waals surface area contributed by atoms with Gasteiger partial charge in [-0.15, -0.1) is 0 Å². The number of benzene rings is 1. The van der Waals surface area contributed by atoms with Crippen LogP contribution in [0.3, 0.4) is 0 Å². The highest BCUT2D eigenvalue weighted by Gasteiger charge is 2.10. The van der Waals surface area contributed by atoms with Crippen molar-refractivity contribution in [1.29, 1.82) is 0 Å². The predicted molar refractivity (Wildman–Crippen MR) is 86.4 cm³/mol. The fourth-order valence-corrected chi connectivity index (χ4v) is 2.45. The maximum Gasteiger partial charge on any atom is 0.162 e. The molecule has 0 saturated carbocycles. The summed E-state index contributed by atoms with van der Waals surface area (Å²) in [7, 11) is 0. The molecule has 0 amide bonds. The van der Waals surface area contributed by atoms with E-state index in [0.717, 1.165) is 46.0 Å². The first-order chi connectivity index (χ1) is 10.2. The molecule has 0 unspecified atom stereocenters. The number of pyridine rings is 1. The van der Waals surface area contributed by atoms with E-state index in [9.17, 15) is 0 Å². The number of nitrogens with zero attached hydrogens (tertiary/aromatic N) is 3. The van der Waals surface area contributed by atoms with Crippen LogP contribution in [-0.4, -0.2) is 21.5 Å². The maximum atomic E-state index is 4.63. The number of rotatable bonds is 3. The standard InChI is InChI=1S/C17H18N4/c1-4-18-16-10-12(3)20-17(21-16)14-9-11(2)19-15-8-6-5-7-13(14)15/h5-10H,4H2,1-3H3,(H,18,20,21). The zero-order valence-corrected chi connectivity index (χ0v) is 12.5. The van der Waals surface area contributed by atoms with Gasteiger partial charge in [0, 0.05) is 34.9 Å². The highest BCUT2D eigenvalue weighted by Crippen LogP contribution is 2.27. The molecule has 0 spiro atoms. The molecule has 0 bridgehead atoms. The van der Waals surface area contributed by atoms with Gasteiger partial charge in [-0.2, -0.15) is 0 Å². The van der Waals surface area contributed by atoms with E-state index in [2.05, 4.69) is 33.3 Å². The Kier molecular flexibility index (Phi) is 3.52. The summed E-state index contributed by atoms with van der Waals surface area (Å²) >= 11 is 0. The van der Waals surface area contributed by atoms with Crippen LogP contribution in [0, 0.1) is 13.8 Å². The van der Waals surface area contributed by atoms with E-state index in [-0.39, 0.29) is 0 Å². The van der Waals surface area contributed by atoms with Crippen molar-refractivity contribution in [3.8, 4) is 11.4 Å². The Morgan fingerprint density at radius 1 is 0.952 bits per heavy atom. The molecule has 0 aliphatic rings. The largest absolute Gasteiger partial charge is 0.370 e. The second-order valence-electron chi connectivity index (χ2n) is 5.08. The van der Waals surface area contributed by atoms with Crippen LogP contribution in [0.2, 0.25) is 0 Å². The van der Waals surface area contributed by atoms with Gasteiger partial charge in [0.15, 0.2) is 5.82 Å². The second-order valence-corrected chi connectivity index (χ2v) is 5.08. The first-order valence-electron chi connectivity index (χ1n) is 7.13. The van der Waals surface area contributed by atoms with Crippen molar-refractivity contribution in [1.82, 2.24) is 15.0 Å². The van der Waals surface area contributed by atoms with Gasteiger partial charge in [-0.3, -0.25) is 4.98 Å². The third-order valence-corrected chi connectivity index (χ3v) is 3.30. The van der Waals surface area contributed by atoms with Crippen LogP contribution in [0.15, 0.2) is 36.4 Å². The Morgan fingerprint density at radius 2 is 1.71 bits per heavy atom. The normalized spacial score (nSPS) is 10.8. The molecule has 21 heavy (non-hydrogen) atoms. The van der Waals surface area contributed by atoms with E-state index < -0.39 is 0 Å². The summed E-state index contributed by atoms with van der Waals surface area (Å²) in [5.74, 6) is 1.60. The fourth-order valence-electron chi connectivity index (χ4n) is 2.45. The van der Waals surface area contributed by atoms with Crippen molar-refractivity contribution in [2.75, 3.05) is 11.9 Å². The SMILES string of the molecule is CCNc1cc(C)nc(-c2cc(C)nc3ccccc23)n1. The van der Waals surface area contributed by atoms with Crippen LogP contribution in [-0.2, 0) is 0 Å². The number of fused-ring (bicyclic) bond motifs is 1. The molecule has 0 radical (unpaired) electrons. The Labute approximate surface area is 124 Å². The van der Waals surface area contributed by atoms with Gasteiger partial charge in [0.2, 0.25) is 0 Å². The van der Waals surface area contributed by atoms with Crippen molar-refractivity contribution in [2.24, 2.45) is 0 Å². The molecule has 0 atom stereocenters. The van der Waals surface area contributed by atoms with Crippen LogP contribution in [0.25, 0.3) is 22.3 Å². The summed E-state index contributed by atoms with van der Waals surface area (Å²) in [6.45, 7) is 6.88. The van der Waals surface area contributed by atoms with Gasteiger partial charge in [-0.1, -0.05) is 18.2 Å². The van der Waals surface area contributed by atoms with E-state index >= 15 is 0 Å². The second kappa shape index (κ2) is 5.48. The van der Waals surface area contributed by atoms with Gasteiger partial charge in [-0.25, -0.2) is 9.97 Å². The zero-order chi connectivity index (χ0) is 14.8. The molecule has 2 heterocycles. The number of anilines is 1. The Balaban J connectivity index is 2.24. The number of aromatic nitrogens is 3. The van der Waals surface area contributed by atoms with Crippen molar-refractivity contribution in [3.05, 3.63) is 47.8 Å². The van der Waals surface area contributed by atoms with Crippen LogP contribution < -0.4 is 5.32 Å². The number of nitrogens with one attached hydrogen (secondary N) is 1. The summed E-state index contributed by atoms with van der Waals surface area (Å²) in [6.07, 6.45) is 0. The van der Waals surface area contributed by atoms with E-state index in [1.165, 1.54) is 0 Å². The lowest BCUT2D eigenvalue weighted by Gasteiger charge is -2.10. The molecule has 4 nitrogen and oxygen atoms in total. The molecule has 0 aliphatic heterocycles. The van der Waals surface area contributed by atoms with Crippen LogP contribution in [0.5, 0.6) is 0 Å². The molecule has 1 aromatic carbocycles. The quantitative estimate of drug-likeness (QED) is 0.793. The smallest absolute Gasteiger partial charge is 0.162 e. The van der Waals surface area contributed by atoms with Crippen LogP contribution in [0.4, 0.5) is 5.82 Å². The number of hydrogen-bond acceptors (Lipinski definition) is 4. The van der Waals surface area contributed by atoms with Gasteiger partial charge in [0.05, 0.1) is 5.52 Å². The van der Waals surface area contributed by atoms with Crippen molar-refractivity contribution in [2.45, 2.75) is 20.8 Å². The molecule has 2 aromatic heterocycles. The average Bonchev–Trinajstić information content (AvgIpc) is 2.46. The lowest BCUT2D eigenvalue weighted by Crippen LogP contribution is -2.03. The summed E-state index contributed by atoms with van der Waals surface area (Å²) < 4.78 is 0. The minimum Gasteiger partial charge on any atom is -0.370 e. The molecular weight excluding hydrogens is 260 g/mol. The molecule has 1 N–H and O–H groups in total. The summed E-state index contributed by atoms with van der Waals surface area (Å²) in [4.78, 5) is 13.8. The van der Waals surface area contributed by atoms with Gasteiger partial charge < -0.3 is 5.32 Å². The minimum atomic E-state index is 0.743. The average molecular weight is 278 g/mol. The monoisotopic (exact) mass is 278 g/mol. The summed E-state index contributed by atoms with van der Waals surface area (Å²) in [5.41, 5.74) is 3.93. The van der Waals surface area contributed by atoms with Gasteiger partial charge >= 0.3 is 0 Å². The molecule has 4 heteroatoms. The molecular formula is C17H18N4. The third kappa shape index (κ3) is 2.70. The number of hydrogen-bond donors (Lipinski definition) is 1. The van der Waals surface area contributed by atoms with Crippen LogP contribution >= 0.6 is 0 Å². The molecule has 0 aliphatic carbocycles. The van der Waals surface area contributed by atoms with Gasteiger partial charge in [0.1, 0.15) is 5.82 Å². The van der Waals surface area contributed by atoms with E-state index in [1.807, 2.05) is 44.2 Å². The van der Waals surface area contributed by atoms with E-state index in [1.54, 1.807) is 0 Å². The lowest BCUT2D eigenvalue weighted by molar-refractivity contribution is 1.08. The highest BCUT2D eigenvalue weighted by atomic mass is 15.0. The first-order valence-corrected chi connectivity index (χ1v) is 7.13. The molecule has 3 rings (SSSR count). The summed E-state index contributed by atoms with van der Waals surface area (Å²) in [6, 6.07) is 12.1. The number of para-hydroxylation sites is 1. The van der Waals surface area contributed by atoms with E-state index in [4.69, 9.17) is 0 Å². The van der Waals surface area contributed by atoms with Crippen LogP contribution in [0.1, 0.15) is 18.3 Å². The lowest BCUT2D eigenvalue weighted by atomic mass is 10.1. The van der Waals surface area contributed by atoms with Crippen molar-refractivity contribution >= 4 is 16.7 Å². The van der Waals surface area contributed by atoms with Crippen molar-refractivity contribution in [3.63, 3.8) is 0 Å². The zero-order valence-electron chi connectivity index (χ0n) is 12.5. The molecule has 106 valence electrons. The van der Waals surface area contributed by atoms with Crippen molar-refractivity contribution < 1.29 is 0 Å².